The van der Waals surface area contributed by atoms with Gasteiger partial charge in [0.05, 0.1) is 0 Å². The Balaban J connectivity index is 1.51. The summed E-state index contributed by atoms with van der Waals surface area (Å²) >= 11 is 0. The number of nitrogens with one attached hydrogen (secondary N) is 1. The van der Waals surface area contributed by atoms with E-state index in [0.717, 1.165) is 28.8 Å². The summed E-state index contributed by atoms with van der Waals surface area (Å²) in [7, 11) is 0. The van der Waals surface area contributed by atoms with Crippen LogP contribution in [0.3, 0.4) is 0 Å². The first-order valence-electron chi connectivity index (χ1n) is 8.93. The lowest BCUT2D eigenvalue weighted by Crippen LogP contribution is -2.12. The molecule has 134 valence electrons. The average molecular weight is 349 g/mol. The fourth-order valence-corrected chi connectivity index (χ4v) is 2.82. The summed E-state index contributed by atoms with van der Waals surface area (Å²) in [5.41, 5.74) is 4.12. The van der Waals surface area contributed by atoms with Crippen LogP contribution in [0.2, 0.25) is 0 Å². The molecule has 3 rings (SSSR count). The van der Waals surface area contributed by atoms with Crippen LogP contribution in [0.1, 0.15) is 36.8 Å². The fraction of sp³-hybridized carbons (Fsp3) is 0.286. The van der Waals surface area contributed by atoms with Crippen molar-refractivity contribution in [2.45, 2.75) is 39.5 Å². The van der Waals surface area contributed by atoms with Crippen LogP contribution in [0, 0.1) is 6.92 Å². The summed E-state index contributed by atoms with van der Waals surface area (Å²) < 4.78 is 5.30. The molecule has 0 spiro atoms. The zero-order valence-electron chi connectivity index (χ0n) is 15.2. The van der Waals surface area contributed by atoms with E-state index in [1.165, 1.54) is 0 Å². The van der Waals surface area contributed by atoms with Gasteiger partial charge in [0.25, 0.3) is 0 Å². The van der Waals surface area contributed by atoms with Gasteiger partial charge in [0.1, 0.15) is 0 Å². The second-order valence-electron chi connectivity index (χ2n) is 6.29. The van der Waals surface area contributed by atoms with E-state index in [0.29, 0.717) is 31.0 Å². The molecule has 0 saturated heterocycles. The van der Waals surface area contributed by atoms with E-state index in [4.69, 9.17) is 4.52 Å². The number of nitrogens with zero attached hydrogens (tertiary/aromatic N) is 2. The highest BCUT2D eigenvalue weighted by Crippen LogP contribution is 2.18. The molecule has 1 aromatic heterocycles. The van der Waals surface area contributed by atoms with Crippen molar-refractivity contribution in [2.24, 2.45) is 0 Å². The molecule has 5 nitrogen and oxygen atoms in total. The van der Waals surface area contributed by atoms with Crippen molar-refractivity contribution in [3.63, 3.8) is 0 Å². The van der Waals surface area contributed by atoms with Crippen molar-refractivity contribution >= 4 is 11.6 Å². The highest BCUT2D eigenvalue weighted by atomic mass is 16.5. The Morgan fingerprint density at radius 3 is 2.81 bits per heavy atom. The Kier molecular flexibility index (Phi) is 5.79. The summed E-state index contributed by atoms with van der Waals surface area (Å²) in [4.78, 5) is 16.6. The largest absolute Gasteiger partial charge is 0.339 e. The Hall–Kier alpha value is -2.95. The number of hydrogen-bond donors (Lipinski definition) is 1. The van der Waals surface area contributed by atoms with Gasteiger partial charge in [-0.1, -0.05) is 54.0 Å². The van der Waals surface area contributed by atoms with Gasteiger partial charge in [-0.3, -0.25) is 4.79 Å². The quantitative estimate of drug-likeness (QED) is 0.678. The number of carbonyl (C=O) groups excluding carboxylic acids is 1. The number of benzene rings is 2. The number of anilines is 1. The van der Waals surface area contributed by atoms with Gasteiger partial charge < -0.3 is 9.84 Å². The van der Waals surface area contributed by atoms with E-state index in [-0.39, 0.29) is 5.91 Å². The molecule has 2 aromatic carbocycles. The number of hydrogen-bond acceptors (Lipinski definition) is 4. The summed E-state index contributed by atoms with van der Waals surface area (Å²) in [6.07, 6.45) is 2.55. The van der Waals surface area contributed by atoms with Crippen LogP contribution in [-0.4, -0.2) is 16.0 Å². The standard InChI is InChI=1S/C21H23N3O2/c1-3-16-9-4-5-11-18(16)22-19(25)12-7-13-20-23-21(24-26-20)17-10-6-8-15(2)14-17/h4-6,8-11,14H,3,7,12-13H2,1-2H3,(H,22,25). The lowest BCUT2D eigenvalue weighted by molar-refractivity contribution is -0.116. The second kappa shape index (κ2) is 8.43. The minimum absolute atomic E-state index is 0.00400. The third-order valence-corrected chi connectivity index (χ3v) is 4.21. The molecule has 0 aliphatic heterocycles. The van der Waals surface area contributed by atoms with Crippen molar-refractivity contribution in [1.82, 2.24) is 10.1 Å². The first-order chi connectivity index (χ1) is 12.7. The predicted molar refractivity (Wildman–Crippen MR) is 102 cm³/mol. The normalized spacial score (nSPS) is 10.7. The monoisotopic (exact) mass is 349 g/mol. The zero-order valence-corrected chi connectivity index (χ0v) is 15.2. The first-order valence-corrected chi connectivity index (χ1v) is 8.93. The molecule has 5 heteroatoms. The molecule has 0 radical (unpaired) electrons. The van der Waals surface area contributed by atoms with Crippen molar-refractivity contribution in [3.8, 4) is 11.4 Å². The molecular formula is C21H23N3O2. The molecule has 0 aliphatic carbocycles. The highest BCUT2D eigenvalue weighted by Gasteiger charge is 2.10. The smallest absolute Gasteiger partial charge is 0.226 e. The van der Waals surface area contributed by atoms with E-state index < -0.39 is 0 Å². The number of aromatic nitrogens is 2. The number of amides is 1. The van der Waals surface area contributed by atoms with Gasteiger partial charge in [0.15, 0.2) is 0 Å². The molecule has 0 aliphatic rings. The van der Waals surface area contributed by atoms with Crippen molar-refractivity contribution in [2.75, 3.05) is 5.32 Å². The van der Waals surface area contributed by atoms with Crippen molar-refractivity contribution < 1.29 is 9.32 Å². The van der Waals surface area contributed by atoms with E-state index in [9.17, 15) is 4.79 Å². The Morgan fingerprint density at radius 1 is 1.15 bits per heavy atom. The molecule has 0 fully saturated rings. The van der Waals surface area contributed by atoms with Gasteiger partial charge in [0.2, 0.25) is 17.6 Å². The van der Waals surface area contributed by atoms with Crippen LogP contribution in [0.5, 0.6) is 0 Å². The number of aryl methyl sites for hydroxylation is 3. The number of rotatable bonds is 7. The lowest BCUT2D eigenvalue weighted by atomic mass is 10.1. The number of carbonyl (C=O) groups is 1. The van der Waals surface area contributed by atoms with Gasteiger partial charge in [-0.15, -0.1) is 0 Å². The van der Waals surface area contributed by atoms with Crippen molar-refractivity contribution in [3.05, 3.63) is 65.5 Å². The molecule has 3 aromatic rings. The fourth-order valence-electron chi connectivity index (χ4n) is 2.82. The summed E-state index contributed by atoms with van der Waals surface area (Å²) in [6.45, 7) is 4.10. The van der Waals surface area contributed by atoms with Crippen LogP contribution in [0.15, 0.2) is 53.1 Å². The zero-order chi connectivity index (χ0) is 18.4. The summed E-state index contributed by atoms with van der Waals surface area (Å²) in [5.74, 6) is 1.15. The molecule has 0 bridgehead atoms. The summed E-state index contributed by atoms with van der Waals surface area (Å²) in [6, 6.07) is 15.9. The molecule has 1 amide bonds. The van der Waals surface area contributed by atoms with Crippen LogP contribution in [-0.2, 0) is 17.6 Å². The van der Waals surface area contributed by atoms with Gasteiger partial charge in [0, 0.05) is 24.1 Å². The molecule has 1 N–H and O–H groups in total. The minimum atomic E-state index is 0.00400. The third kappa shape index (κ3) is 4.57. The predicted octanol–water partition coefficient (Wildman–Crippen LogP) is 4.57. The number of para-hydroxylation sites is 1. The first kappa shape index (κ1) is 17.9. The minimum Gasteiger partial charge on any atom is -0.339 e. The molecule has 0 atom stereocenters. The van der Waals surface area contributed by atoms with E-state index in [1.54, 1.807) is 0 Å². The van der Waals surface area contributed by atoms with Gasteiger partial charge in [-0.25, -0.2) is 0 Å². The van der Waals surface area contributed by atoms with Crippen molar-refractivity contribution in [1.29, 1.82) is 0 Å². The molecular weight excluding hydrogens is 326 g/mol. The average Bonchev–Trinajstić information content (AvgIpc) is 3.11. The van der Waals surface area contributed by atoms with E-state index in [1.807, 2.05) is 55.5 Å². The molecule has 0 unspecified atom stereocenters. The van der Waals surface area contributed by atoms with Crippen LogP contribution >= 0.6 is 0 Å². The maximum Gasteiger partial charge on any atom is 0.226 e. The van der Waals surface area contributed by atoms with Crippen LogP contribution in [0.4, 0.5) is 5.69 Å². The Labute approximate surface area is 153 Å². The lowest BCUT2D eigenvalue weighted by Gasteiger charge is -2.09. The highest BCUT2D eigenvalue weighted by molar-refractivity contribution is 5.91. The molecule has 1 heterocycles. The molecule has 0 saturated carbocycles. The van der Waals surface area contributed by atoms with E-state index >= 15 is 0 Å². The Morgan fingerprint density at radius 2 is 2.00 bits per heavy atom. The molecule has 26 heavy (non-hydrogen) atoms. The van der Waals surface area contributed by atoms with Gasteiger partial charge in [-0.05, 0) is 37.5 Å². The van der Waals surface area contributed by atoms with Gasteiger partial charge in [-0.2, -0.15) is 4.98 Å². The summed E-state index contributed by atoms with van der Waals surface area (Å²) in [5, 5.41) is 7.01. The van der Waals surface area contributed by atoms with Crippen LogP contribution < -0.4 is 5.32 Å². The maximum atomic E-state index is 12.2. The van der Waals surface area contributed by atoms with Gasteiger partial charge >= 0.3 is 0 Å². The second-order valence-corrected chi connectivity index (χ2v) is 6.29. The van der Waals surface area contributed by atoms with Crippen LogP contribution in [0.25, 0.3) is 11.4 Å². The SMILES string of the molecule is CCc1ccccc1NC(=O)CCCc1nc(-c2cccc(C)c2)no1. The Bertz CT molecular complexity index is 886. The third-order valence-electron chi connectivity index (χ3n) is 4.21. The van der Waals surface area contributed by atoms with E-state index in [2.05, 4.69) is 22.4 Å². The maximum absolute atomic E-state index is 12.2. The topological polar surface area (TPSA) is 68.0 Å².